The summed E-state index contributed by atoms with van der Waals surface area (Å²) in [6.45, 7) is 2.29. The van der Waals surface area contributed by atoms with Gasteiger partial charge in [0.25, 0.3) is 0 Å². The first-order valence-corrected chi connectivity index (χ1v) is 12.6. The third-order valence-electron chi connectivity index (χ3n) is 5.65. The molecule has 2 nitrogen and oxygen atoms in total. The Morgan fingerprint density at radius 3 is 1.21 bits per heavy atom. The summed E-state index contributed by atoms with van der Waals surface area (Å²) < 4.78 is 0. The van der Waals surface area contributed by atoms with Crippen molar-refractivity contribution in [1.82, 2.24) is 0 Å². The van der Waals surface area contributed by atoms with E-state index in [9.17, 15) is 4.79 Å². The third kappa shape index (κ3) is 25.2. The van der Waals surface area contributed by atoms with Gasteiger partial charge in [0, 0.05) is 6.42 Å². The van der Waals surface area contributed by atoms with Gasteiger partial charge in [-0.3, -0.25) is 4.79 Å². The summed E-state index contributed by atoms with van der Waals surface area (Å²) in [4.78, 5) is 10.4. The van der Waals surface area contributed by atoms with Gasteiger partial charge in [0.15, 0.2) is 0 Å². The molecular formula is C26H50O2. The maximum atomic E-state index is 10.4. The monoisotopic (exact) mass is 394 g/mol. The minimum Gasteiger partial charge on any atom is -0.481 e. The van der Waals surface area contributed by atoms with Crippen LogP contribution in [-0.4, -0.2) is 11.1 Å². The first-order valence-electron chi connectivity index (χ1n) is 12.6. The predicted octanol–water partition coefficient (Wildman–Crippen LogP) is 9.23. The van der Waals surface area contributed by atoms with Crippen LogP contribution < -0.4 is 0 Å². The number of hydrogen-bond acceptors (Lipinski definition) is 1. The molecule has 0 spiro atoms. The number of rotatable bonds is 23. The van der Waals surface area contributed by atoms with Crippen molar-refractivity contribution >= 4 is 5.97 Å². The summed E-state index contributed by atoms with van der Waals surface area (Å²) in [5.74, 6) is -0.661. The average Bonchev–Trinajstić information content (AvgIpc) is 2.68. The summed E-state index contributed by atoms with van der Waals surface area (Å²) in [5.41, 5.74) is 0. The maximum Gasteiger partial charge on any atom is 0.303 e. The van der Waals surface area contributed by atoms with Crippen LogP contribution in [0.2, 0.25) is 0 Å². The van der Waals surface area contributed by atoms with Crippen LogP contribution in [0.15, 0.2) is 12.2 Å². The van der Waals surface area contributed by atoms with Gasteiger partial charge in [0.05, 0.1) is 0 Å². The second-order valence-electron chi connectivity index (χ2n) is 8.56. The quantitative estimate of drug-likeness (QED) is 0.138. The Hall–Kier alpha value is -0.790. The van der Waals surface area contributed by atoms with Gasteiger partial charge in [-0.05, 0) is 32.1 Å². The second-order valence-corrected chi connectivity index (χ2v) is 8.56. The zero-order valence-corrected chi connectivity index (χ0v) is 19.1. The predicted molar refractivity (Wildman–Crippen MR) is 124 cm³/mol. The minimum atomic E-state index is -0.661. The van der Waals surface area contributed by atoms with Crippen molar-refractivity contribution in [3.8, 4) is 0 Å². The molecule has 0 unspecified atom stereocenters. The fraction of sp³-hybridized carbons (Fsp3) is 0.885. The molecule has 166 valence electrons. The number of carboxylic acids is 1. The zero-order chi connectivity index (χ0) is 20.5. The van der Waals surface area contributed by atoms with Gasteiger partial charge in [0.1, 0.15) is 0 Å². The molecule has 0 heterocycles. The summed E-state index contributed by atoms with van der Waals surface area (Å²) in [6.07, 6.45) is 33.1. The topological polar surface area (TPSA) is 37.3 Å². The molecule has 0 aliphatic heterocycles. The lowest BCUT2D eigenvalue weighted by Crippen LogP contribution is -1.93. The van der Waals surface area contributed by atoms with Crippen LogP contribution in [0.5, 0.6) is 0 Å². The highest BCUT2D eigenvalue weighted by Crippen LogP contribution is 2.13. The van der Waals surface area contributed by atoms with Crippen LogP contribution in [0.1, 0.15) is 148 Å². The van der Waals surface area contributed by atoms with Gasteiger partial charge in [-0.1, -0.05) is 122 Å². The van der Waals surface area contributed by atoms with Crippen LogP contribution in [0.4, 0.5) is 0 Å². The number of hydrogen-bond donors (Lipinski definition) is 1. The zero-order valence-electron chi connectivity index (χ0n) is 19.1. The molecule has 0 aromatic heterocycles. The van der Waals surface area contributed by atoms with E-state index in [1.807, 2.05) is 0 Å². The van der Waals surface area contributed by atoms with E-state index in [-0.39, 0.29) is 0 Å². The molecule has 0 saturated heterocycles. The molecule has 0 aromatic rings. The van der Waals surface area contributed by atoms with Crippen molar-refractivity contribution in [3.63, 3.8) is 0 Å². The van der Waals surface area contributed by atoms with E-state index in [2.05, 4.69) is 19.1 Å². The van der Waals surface area contributed by atoms with Crippen molar-refractivity contribution in [2.24, 2.45) is 0 Å². The van der Waals surface area contributed by atoms with Gasteiger partial charge in [-0.2, -0.15) is 0 Å². The van der Waals surface area contributed by atoms with E-state index >= 15 is 0 Å². The number of allylic oxidation sites excluding steroid dienone is 2. The summed E-state index contributed by atoms with van der Waals surface area (Å²) in [7, 11) is 0. The highest BCUT2D eigenvalue weighted by Gasteiger charge is 1.96. The van der Waals surface area contributed by atoms with Crippen molar-refractivity contribution in [1.29, 1.82) is 0 Å². The molecule has 0 aliphatic rings. The Kier molecular flexibility index (Phi) is 23.6. The van der Waals surface area contributed by atoms with Crippen molar-refractivity contribution < 1.29 is 9.90 Å². The lowest BCUT2D eigenvalue weighted by atomic mass is 10.0. The van der Waals surface area contributed by atoms with Gasteiger partial charge < -0.3 is 5.11 Å². The van der Waals surface area contributed by atoms with Crippen LogP contribution >= 0.6 is 0 Å². The lowest BCUT2D eigenvalue weighted by molar-refractivity contribution is -0.137. The molecule has 0 aromatic carbocycles. The summed E-state index contributed by atoms with van der Waals surface area (Å²) in [5, 5.41) is 8.58. The van der Waals surface area contributed by atoms with E-state index in [1.165, 1.54) is 122 Å². The third-order valence-corrected chi connectivity index (χ3v) is 5.65. The molecule has 0 bridgehead atoms. The average molecular weight is 395 g/mol. The number of aliphatic carboxylic acids is 1. The van der Waals surface area contributed by atoms with E-state index < -0.39 is 5.97 Å². The molecule has 28 heavy (non-hydrogen) atoms. The number of unbranched alkanes of at least 4 members (excludes halogenated alkanes) is 19. The first-order chi connectivity index (χ1) is 13.8. The Bertz CT molecular complexity index is 335. The van der Waals surface area contributed by atoms with Gasteiger partial charge in [-0.25, -0.2) is 0 Å². The summed E-state index contributed by atoms with van der Waals surface area (Å²) >= 11 is 0. The van der Waals surface area contributed by atoms with Crippen molar-refractivity contribution in [3.05, 3.63) is 12.2 Å². The Labute approximate surface area is 176 Å². The lowest BCUT2D eigenvalue weighted by Gasteiger charge is -2.03. The summed E-state index contributed by atoms with van der Waals surface area (Å²) in [6, 6.07) is 0. The van der Waals surface area contributed by atoms with E-state index in [0.717, 1.165) is 12.8 Å². The van der Waals surface area contributed by atoms with Crippen LogP contribution in [0, 0.1) is 0 Å². The van der Waals surface area contributed by atoms with Crippen molar-refractivity contribution in [2.75, 3.05) is 0 Å². The smallest absolute Gasteiger partial charge is 0.303 e. The Morgan fingerprint density at radius 2 is 0.857 bits per heavy atom. The van der Waals surface area contributed by atoms with Gasteiger partial charge in [-0.15, -0.1) is 0 Å². The van der Waals surface area contributed by atoms with E-state index in [0.29, 0.717) is 6.42 Å². The first kappa shape index (κ1) is 27.2. The van der Waals surface area contributed by atoms with E-state index in [1.54, 1.807) is 0 Å². The molecule has 0 amide bonds. The van der Waals surface area contributed by atoms with E-state index in [4.69, 9.17) is 5.11 Å². The number of carboxylic acid groups (broad SMARTS) is 1. The fourth-order valence-electron chi connectivity index (χ4n) is 3.76. The molecular weight excluding hydrogens is 344 g/mol. The Balaban J connectivity index is 3.07. The molecule has 0 atom stereocenters. The molecule has 0 aliphatic carbocycles. The standard InChI is InChI=1S/C26H50O2/c1-2-3-4-5-6-7-8-9-10-11-12-13-14-15-16-17-18-19-20-21-22-23-24-25-26(27)28/h17-18H,2-16,19-25H2,1H3,(H,27,28). The molecule has 1 N–H and O–H groups in total. The van der Waals surface area contributed by atoms with Gasteiger partial charge >= 0.3 is 5.97 Å². The SMILES string of the molecule is CCCCCCCCCCCCCCCCC=CCCCCCCCC(=O)O. The second kappa shape index (κ2) is 24.2. The normalized spacial score (nSPS) is 11.5. The minimum absolute atomic E-state index is 0.332. The number of carbonyl (C=O) groups is 1. The highest BCUT2D eigenvalue weighted by molar-refractivity contribution is 5.66. The van der Waals surface area contributed by atoms with Gasteiger partial charge in [0.2, 0.25) is 0 Å². The van der Waals surface area contributed by atoms with Crippen molar-refractivity contribution in [2.45, 2.75) is 148 Å². The van der Waals surface area contributed by atoms with Crippen LogP contribution in [0.25, 0.3) is 0 Å². The Morgan fingerprint density at radius 1 is 0.536 bits per heavy atom. The fourth-order valence-corrected chi connectivity index (χ4v) is 3.76. The maximum absolute atomic E-state index is 10.4. The molecule has 0 rings (SSSR count). The highest BCUT2D eigenvalue weighted by atomic mass is 16.4. The van der Waals surface area contributed by atoms with Crippen LogP contribution in [0.3, 0.4) is 0 Å². The molecule has 0 radical (unpaired) electrons. The molecule has 2 heteroatoms. The molecule has 0 saturated carbocycles. The van der Waals surface area contributed by atoms with Crippen LogP contribution in [-0.2, 0) is 4.79 Å². The largest absolute Gasteiger partial charge is 0.481 e. The molecule has 0 fully saturated rings.